The molecule has 0 aliphatic carbocycles. The summed E-state index contributed by atoms with van der Waals surface area (Å²) in [6.45, 7) is 0. The van der Waals surface area contributed by atoms with E-state index in [-0.39, 0.29) is 33.8 Å². The SMILES string of the molecule is N#Cc1c(N)c(C#N)c(NN(c2ccccc2)c2ccccc2)c(C#N)c1NN(c1ccccc1)c1ccccc1. The minimum absolute atomic E-state index is 0.00788. The fourth-order valence-corrected chi connectivity index (χ4v) is 4.43. The Labute approximate surface area is 238 Å². The summed E-state index contributed by atoms with van der Waals surface area (Å²) >= 11 is 0. The molecule has 0 amide bonds. The number of nitrogen functional groups attached to an aromatic ring is 1. The van der Waals surface area contributed by atoms with Crippen LogP contribution in [-0.2, 0) is 0 Å². The minimum Gasteiger partial charge on any atom is -0.396 e. The van der Waals surface area contributed by atoms with E-state index in [1.807, 2.05) is 121 Å². The van der Waals surface area contributed by atoms with Gasteiger partial charge in [0.05, 0.1) is 39.8 Å². The maximum Gasteiger partial charge on any atom is 0.105 e. The van der Waals surface area contributed by atoms with Crippen molar-refractivity contribution in [3.05, 3.63) is 138 Å². The number of benzene rings is 5. The normalized spacial score (nSPS) is 9.98. The van der Waals surface area contributed by atoms with Crippen LogP contribution < -0.4 is 26.6 Å². The molecule has 5 aromatic rings. The van der Waals surface area contributed by atoms with Crippen molar-refractivity contribution in [1.82, 2.24) is 0 Å². The predicted molar refractivity (Wildman–Crippen MR) is 162 cm³/mol. The fourth-order valence-electron chi connectivity index (χ4n) is 4.43. The van der Waals surface area contributed by atoms with E-state index in [1.54, 1.807) is 10.0 Å². The molecular weight excluding hydrogens is 508 g/mol. The molecule has 0 aromatic heterocycles. The lowest BCUT2D eigenvalue weighted by Gasteiger charge is -2.31. The van der Waals surface area contributed by atoms with Crippen LogP contribution in [0.25, 0.3) is 0 Å². The third-order valence-corrected chi connectivity index (χ3v) is 6.38. The minimum atomic E-state index is -0.0406. The predicted octanol–water partition coefficient (Wildman–Crippen LogP) is 7.21. The second kappa shape index (κ2) is 12.0. The third-order valence-electron chi connectivity index (χ3n) is 6.38. The van der Waals surface area contributed by atoms with Gasteiger partial charge in [-0.25, -0.2) is 0 Å². The second-order valence-electron chi connectivity index (χ2n) is 8.86. The zero-order valence-electron chi connectivity index (χ0n) is 21.9. The molecule has 5 rings (SSSR count). The number of rotatable bonds is 8. The molecule has 8 nitrogen and oxygen atoms in total. The number of para-hydroxylation sites is 4. The molecule has 0 fully saturated rings. The van der Waals surface area contributed by atoms with Gasteiger partial charge in [0.15, 0.2) is 0 Å². The van der Waals surface area contributed by atoms with E-state index in [0.29, 0.717) is 0 Å². The molecule has 0 aliphatic rings. The number of hydrazine groups is 2. The van der Waals surface area contributed by atoms with Crippen molar-refractivity contribution in [3.8, 4) is 18.2 Å². The fraction of sp³-hybridized carbons (Fsp3) is 0. The molecule has 0 unspecified atom stereocenters. The van der Waals surface area contributed by atoms with Gasteiger partial charge < -0.3 is 5.73 Å². The van der Waals surface area contributed by atoms with Crippen molar-refractivity contribution in [2.45, 2.75) is 0 Å². The summed E-state index contributed by atoms with van der Waals surface area (Å²) in [6.07, 6.45) is 0. The standard InChI is InChI=1S/C33H24N8/c34-21-28-31(37)29(22-35)33(39-41(26-17-9-3-10-18-26)27-19-11-4-12-20-27)30(23-36)32(28)38-40(24-13-5-1-6-14-24)25-15-7-2-8-16-25/h1-20,38-39H,37H2. The number of nitrogens with zero attached hydrogens (tertiary/aromatic N) is 5. The Bertz CT molecular complexity index is 1570. The Balaban J connectivity index is 1.72. The molecule has 0 radical (unpaired) electrons. The quantitative estimate of drug-likeness (QED) is 0.141. The van der Waals surface area contributed by atoms with Crippen LogP contribution in [-0.4, -0.2) is 0 Å². The molecule has 0 atom stereocenters. The van der Waals surface area contributed by atoms with Gasteiger partial charge in [0.1, 0.15) is 34.9 Å². The first-order valence-electron chi connectivity index (χ1n) is 12.7. The largest absolute Gasteiger partial charge is 0.396 e. The number of nitrogens with one attached hydrogen (secondary N) is 2. The van der Waals surface area contributed by atoms with Crippen molar-refractivity contribution in [3.63, 3.8) is 0 Å². The molecule has 196 valence electrons. The lowest BCUT2D eigenvalue weighted by Crippen LogP contribution is -2.29. The van der Waals surface area contributed by atoms with Crippen LogP contribution in [0.1, 0.15) is 16.7 Å². The van der Waals surface area contributed by atoms with Gasteiger partial charge in [-0.15, -0.1) is 0 Å². The molecular formula is C33H24N8. The molecule has 4 N–H and O–H groups in total. The average molecular weight is 533 g/mol. The van der Waals surface area contributed by atoms with Crippen LogP contribution in [0, 0.1) is 34.0 Å². The summed E-state index contributed by atoms with van der Waals surface area (Å²) in [5.41, 5.74) is 16.4. The molecule has 0 saturated carbocycles. The van der Waals surface area contributed by atoms with E-state index in [0.717, 1.165) is 22.7 Å². The van der Waals surface area contributed by atoms with Gasteiger partial charge in [-0.2, -0.15) is 15.8 Å². The number of anilines is 7. The number of nitrogens with two attached hydrogens (primary N) is 1. The monoisotopic (exact) mass is 532 g/mol. The van der Waals surface area contributed by atoms with Gasteiger partial charge in [-0.3, -0.25) is 20.9 Å². The first kappa shape index (κ1) is 26.2. The van der Waals surface area contributed by atoms with Gasteiger partial charge in [0.2, 0.25) is 0 Å². The number of nitriles is 3. The van der Waals surface area contributed by atoms with E-state index < -0.39 is 0 Å². The number of hydrogen-bond acceptors (Lipinski definition) is 8. The summed E-state index contributed by atoms with van der Waals surface area (Å²) in [7, 11) is 0. The van der Waals surface area contributed by atoms with Gasteiger partial charge in [0.25, 0.3) is 0 Å². The maximum absolute atomic E-state index is 10.5. The van der Waals surface area contributed by atoms with Crippen LogP contribution in [0.2, 0.25) is 0 Å². The molecule has 8 heteroatoms. The van der Waals surface area contributed by atoms with Gasteiger partial charge in [-0.1, -0.05) is 72.8 Å². The molecule has 0 saturated heterocycles. The van der Waals surface area contributed by atoms with Gasteiger partial charge in [0, 0.05) is 0 Å². The molecule has 5 aromatic carbocycles. The highest BCUT2D eigenvalue weighted by Crippen LogP contribution is 2.40. The van der Waals surface area contributed by atoms with Crippen LogP contribution in [0.5, 0.6) is 0 Å². The smallest absolute Gasteiger partial charge is 0.105 e. The summed E-state index contributed by atoms with van der Waals surface area (Å²) in [5.74, 6) is 0. The van der Waals surface area contributed by atoms with E-state index in [2.05, 4.69) is 29.1 Å². The Morgan fingerprint density at radius 3 is 0.951 bits per heavy atom. The maximum atomic E-state index is 10.5. The molecule has 0 aliphatic heterocycles. The first-order valence-corrected chi connectivity index (χ1v) is 12.7. The van der Waals surface area contributed by atoms with Crippen molar-refractivity contribution >= 4 is 39.8 Å². The van der Waals surface area contributed by atoms with Crippen LogP contribution in [0.3, 0.4) is 0 Å². The van der Waals surface area contributed by atoms with E-state index in [9.17, 15) is 15.8 Å². The van der Waals surface area contributed by atoms with Gasteiger partial charge >= 0.3 is 0 Å². The topological polar surface area (TPSA) is 128 Å². The summed E-state index contributed by atoms with van der Waals surface area (Å²) < 4.78 is 0. The van der Waals surface area contributed by atoms with Crippen LogP contribution in [0.15, 0.2) is 121 Å². The van der Waals surface area contributed by atoms with Gasteiger partial charge in [-0.05, 0) is 48.5 Å². The average Bonchev–Trinajstić information content (AvgIpc) is 3.04. The zero-order valence-corrected chi connectivity index (χ0v) is 21.9. The lowest BCUT2D eigenvalue weighted by atomic mass is 9.98. The zero-order chi connectivity index (χ0) is 28.6. The molecule has 0 spiro atoms. The van der Waals surface area contributed by atoms with Crippen molar-refractivity contribution in [1.29, 1.82) is 15.8 Å². The summed E-state index contributed by atoms with van der Waals surface area (Å²) in [4.78, 5) is 0. The second-order valence-corrected chi connectivity index (χ2v) is 8.86. The highest BCUT2D eigenvalue weighted by Gasteiger charge is 2.26. The summed E-state index contributed by atoms with van der Waals surface area (Å²) in [5, 5.41) is 34.4. The van der Waals surface area contributed by atoms with Crippen LogP contribution in [0.4, 0.5) is 39.8 Å². The van der Waals surface area contributed by atoms with E-state index >= 15 is 0 Å². The highest BCUT2D eigenvalue weighted by molar-refractivity contribution is 5.92. The summed E-state index contributed by atoms with van der Waals surface area (Å²) in [6, 6.07) is 44.4. The highest BCUT2D eigenvalue weighted by atomic mass is 15.5. The lowest BCUT2D eigenvalue weighted by molar-refractivity contribution is 1.14. The Hall–Kier alpha value is -6.43. The molecule has 0 heterocycles. The van der Waals surface area contributed by atoms with Crippen LogP contribution >= 0.6 is 0 Å². The Kier molecular flexibility index (Phi) is 7.64. The van der Waals surface area contributed by atoms with E-state index in [4.69, 9.17) is 5.73 Å². The molecule has 0 bridgehead atoms. The molecule has 41 heavy (non-hydrogen) atoms. The first-order chi connectivity index (χ1) is 20.2. The van der Waals surface area contributed by atoms with Crippen molar-refractivity contribution in [2.24, 2.45) is 0 Å². The third kappa shape index (κ3) is 5.28. The Morgan fingerprint density at radius 2 is 0.707 bits per heavy atom. The van der Waals surface area contributed by atoms with Crippen molar-refractivity contribution in [2.75, 3.05) is 26.6 Å². The Morgan fingerprint density at radius 1 is 0.439 bits per heavy atom. The number of hydrogen-bond donors (Lipinski definition) is 3. The van der Waals surface area contributed by atoms with E-state index in [1.165, 1.54) is 0 Å². The van der Waals surface area contributed by atoms with Crippen molar-refractivity contribution < 1.29 is 0 Å².